The molecule has 6 atom stereocenters. The number of fused-ring (bicyclic) bond motifs is 1. The zero-order valence-electron chi connectivity index (χ0n) is 19.7. The van der Waals surface area contributed by atoms with Gasteiger partial charge in [0.2, 0.25) is 0 Å². The van der Waals surface area contributed by atoms with Gasteiger partial charge in [0, 0.05) is 6.42 Å². The third-order valence-corrected chi connectivity index (χ3v) is 8.44. The summed E-state index contributed by atoms with van der Waals surface area (Å²) in [4.78, 5) is 0. The van der Waals surface area contributed by atoms with Crippen molar-refractivity contribution in [3.63, 3.8) is 0 Å². The predicted octanol–water partition coefficient (Wildman–Crippen LogP) is 5.70. The van der Waals surface area contributed by atoms with Gasteiger partial charge in [-0.05, 0) is 93.1 Å². The van der Waals surface area contributed by atoms with Gasteiger partial charge in [-0.3, -0.25) is 0 Å². The van der Waals surface area contributed by atoms with Gasteiger partial charge in [-0.15, -0.1) is 0 Å². The van der Waals surface area contributed by atoms with Gasteiger partial charge in [0.1, 0.15) is 0 Å². The molecule has 0 saturated heterocycles. The van der Waals surface area contributed by atoms with Crippen LogP contribution in [0, 0.1) is 23.2 Å². The lowest BCUT2D eigenvalue weighted by molar-refractivity contribution is 0.0596. The van der Waals surface area contributed by atoms with Gasteiger partial charge in [-0.1, -0.05) is 51.0 Å². The first kappa shape index (κ1) is 23.8. The molecule has 0 bridgehead atoms. The van der Waals surface area contributed by atoms with Crippen molar-refractivity contribution in [2.24, 2.45) is 23.2 Å². The molecule has 3 N–H and O–H groups in total. The van der Waals surface area contributed by atoms with Crippen molar-refractivity contribution in [3.05, 3.63) is 35.5 Å². The van der Waals surface area contributed by atoms with Crippen LogP contribution < -0.4 is 0 Å². The Labute approximate surface area is 184 Å². The number of aliphatic hydroxyl groups is 3. The minimum Gasteiger partial charge on any atom is -0.393 e. The maximum Gasteiger partial charge on any atom is 0.0811 e. The maximum absolute atomic E-state index is 10.1. The van der Waals surface area contributed by atoms with Gasteiger partial charge in [-0.25, -0.2) is 0 Å². The molecule has 0 spiro atoms. The molecule has 3 rings (SSSR count). The Kier molecular flexibility index (Phi) is 7.37. The molecule has 0 radical (unpaired) electrons. The molecule has 30 heavy (non-hydrogen) atoms. The Balaban J connectivity index is 1.70. The third-order valence-electron chi connectivity index (χ3n) is 8.44. The van der Waals surface area contributed by atoms with Crippen LogP contribution in [0.25, 0.3) is 0 Å². The molecular formula is C27H44O3. The van der Waals surface area contributed by atoms with E-state index in [1.54, 1.807) is 5.57 Å². The first-order valence-electron chi connectivity index (χ1n) is 12.2. The molecule has 3 aliphatic rings. The van der Waals surface area contributed by atoms with E-state index in [1.807, 2.05) is 13.8 Å². The van der Waals surface area contributed by atoms with Gasteiger partial charge in [0.15, 0.2) is 0 Å². The molecule has 3 fully saturated rings. The first-order chi connectivity index (χ1) is 14.0. The minimum absolute atomic E-state index is 0.374. The van der Waals surface area contributed by atoms with Crippen molar-refractivity contribution >= 4 is 0 Å². The summed E-state index contributed by atoms with van der Waals surface area (Å²) in [7, 11) is 0. The number of allylic oxidation sites excluding steroid dienone is 3. The monoisotopic (exact) mass is 416 g/mol. The molecule has 0 amide bonds. The van der Waals surface area contributed by atoms with E-state index in [0.29, 0.717) is 30.1 Å². The summed E-state index contributed by atoms with van der Waals surface area (Å²) < 4.78 is 0. The van der Waals surface area contributed by atoms with Gasteiger partial charge < -0.3 is 15.3 Å². The van der Waals surface area contributed by atoms with Crippen LogP contribution in [0.5, 0.6) is 0 Å². The largest absolute Gasteiger partial charge is 0.393 e. The highest BCUT2D eigenvalue weighted by molar-refractivity contribution is 5.38. The van der Waals surface area contributed by atoms with Crippen molar-refractivity contribution < 1.29 is 15.3 Å². The smallest absolute Gasteiger partial charge is 0.0811 e. The standard InChI is InChI=1S/C27H44O3/c1-18(8-6-14-26(3,4)30)23-12-13-24-20(9-7-15-27(23,24)5)10-11-21-16-22(28)17-25(29)19(21)2/h10-11,18,22-25,28-30H,2,6-9,12-17H2,1,3-5H3/b20-10+,21-11+/t18-,22-,23-,24+,25+,27-/m0/s1. The number of hydrogen-bond acceptors (Lipinski definition) is 3. The van der Waals surface area contributed by atoms with Crippen LogP contribution in [0.3, 0.4) is 0 Å². The van der Waals surface area contributed by atoms with Gasteiger partial charge >= 0.3 is 0 Å². The number of hydrogen-bond donors (Lipinski definition) is 3. The average molecular weight is 417 g/mol. The molecule has 0 aromatic carbocycles. The van der Waals surface area contributed by atoms with Gasteiger partial charge in [-0.2, -0.15) is 0 Å². The highest BCUT2D eigenvalue weighted by Gasteiger charge is 2.50. The second kappa shape index (κ2) is 9.30. The molecule has 3 aliphatic carbocycles. The van der Waals surface area contributed by atoms with E-state index in [0.717, 1.165) is 29.9 Å². The zero-order chi connectivity index (χ0) is 22.1. The SMILES string of the molecule is C=C1/C(=C/C=C2\CCC[C@]3(C)[C@@H]2CC[C@H]3[C@@H](C)CCCC(C)(C)O)C[C@H](O)C[C@H]1O. The molecule has 0 heterocycles. The van der Waals surface area contributed by atoms with E-state index >= 15 is 0 Å². The lowest BCUT2D eigenvalue weighted by Gasteiger charge is -2.44. The van der Waals surface area contributed by atoms with E-state index in [1.165, 1.54) is 38.5 Å². The van der Waals surface area contributed by atoms with Crippen LogP contribution in [0.15, 0.2) is 35.5 Å². The molecule has 3 nitrogen and oxygen atoms in total. The zero-order valence-corrected chi connectivity index (χ0v) is 19.7. The molecule has 3 saturated carbocycles. The Bertz CT molecular complexity index is 683. The van der Waals surface area contributed by atoms with Crippen LogP contribution in [0.1, 0.15) is 91.9 Å². The summed E-state index contributed by atoms with van der Waals surface area (Å²) in [6.45, 7) is 12.8. The Morgan fingerprint density at radius 3 is 2.67 bits per heavy atom. The fourth-order valence-electron chi connectivity index (χ4n) is 6.74. The second-order valence-electron chi connectivity index (χ2n) is 11.3. The minimum atomic E-state index is -0.615. The maximum atomic E-state index is 10.1. The fourth-order valence-corrected chi connectivity index (χ4v) is 6.74. The summed E-state index contributed by atoms with van der Waals surface area (Å²) in [5, 5.41) is 30.2. The summed E-state index contributed by atoms with van der Waals surface area (Å²) in [6.07, 6.45) is 13.9. The molecule has 0 aromatic heterocycles. The van der Waals surface area contributed by atoms with E-state index in [-0.39, 0.29) is 0 Å². The molecule has 170 valence electrons. The Morgan fingerprint density at radius 2 is 1.97 bits per heavy atom. The van der Waals surface area contributed by atoms with Gasteiger partial charge in [0.25, 0.3) is 0 Å². The quantitative estimate of drug-likeness (QED) is 0.520. The normalized spacial score (nSPS) is 38.8. The van der Waals surface area contributed by atoms with Gasteiger partial charge in [0.05, 0.1) is 17.8 Å². The fraction of sp³-hybridized carbons (Fsp3) is 0.778. The third kappa shape index (κ3) is 5.29. The van der Waals surface area contributed by atoms with Crippen LogP contribution in [-0.4, -0.2) is 33.1 Å². The first-order valence-corrected chi connectivity index (χ1v) is 12.2. The molecule has 0 aromatic rings. The average Bonchev–Trinajstić information content (AvgIpc) is 3.00. The van der Waals surface area contributed by atoms with Crippen LogP contribution in [-0.2, 0) is 0 Å². The van der Waals surface area contributed by atoms with E-state index < -0.39 is 17.8 Å². The van der Waals surface area contributed by atoms with E-state index in [2.05, 4.69) is 32.6 Å². The molecular weight excluding hydrogens is 372 g/mol. The summed E-state index contributed by atoms with van der Waals surface area (Å²) in [5.74, 6) is 2.11. The number of aliphatic hydroxyl groups excluding tert-OH is 2. The van der Waals surface area contributed by atoms with E-state index in [9.17, 15) is 15.3 Å². The molecule has 0 aliphatic heterocycles. The predicted molar refractivity (Wildman–Crippen MR) is 124 cm³/mol. The Morgan fingerprint density at radius 1 is 1.23 bits per heavy atom. The Hall–Kier alpha value is -0.900. The topological polar surface area (TPSA) is 60.7 Å². The van der Waals surface area contributed by atoms with Crippen molar-refractivity contribution in [1.29, 1.82) is 0 Å². The van der Waals surface area contributed by atoms with Crippen LogP contribution >= 0.6 is 0 Å². The van der Waals surface area contributed by atoms with Crippen LogP contribution in [0.2, 0.25) is 0 Å². The van der Waals surface area contributed by atoms with Crippen molar-refractivity contribution in [2.45, 2.75) is 110 Å². The van der Waals surface area contributed by atoms with Crippen molar-refractivity contribution in [2.75, 3.05) is 0 Å². The summed E-state index contributed by atoms with van der Waals surface area (Å²) >= 11 is 0. The van der Waals surface area contributed by atoms with E-state index in [4.69, 9.17) is 0 Å². The van der Waals surface area contributed by atoms with Crippen molar-refractivity contribution in [3.8, 4) is 0 Å². The van der Waals surface area contributed by atoms with Crippen molar-refractivity contribution in [1.82, 2.24) is 0 Å². The van der Waals surface area contributed by atoms with Crippen LogP contribution in [0.4, 0.5) is 0 Å². The summed E-state index contributed by atoms with van der Waals surface area (Å²) in [5.41, 5.74) is 3.17. The summed E-state index contributed by atoms with van der Waals surface area (Å²) in [6, 6.07) is 0. The highest BCUT2D eigenvalue weighted by atomic mass is 16.3. The highest BCUT2D eigenvalue weighted by Crippen LogP contribution is 2.60. The lowest BCUT2D eigenvalue weighted by Crippen LogP contribution is -2.36. The lowest BCUT2D eigenvalue weighted by atomic mass is 9.60. The number of rotatable bonds is 6. The second-order valence-corrected chi connectivity index (χ2v) is 11.3. The molecule has 3 heteroatoms. The molecule has 0 unspecified atom stereocenters.